The predicted octanol–water partition coefficient (Wildman–Crippen LogP) is 1.59. The van der Waals surface area contributed by atoms with Crippen LogP contribution in [0.3, 0.4) is 0 Å². The number of amides is 1. The molecule has 0 saturated carbocycles. The smallest absolute Gasteiger partial charge is 0.328 e. The highest BCUT2D eigenvalue weighted by Crippen LogP contribution is 2.20. The third-order valence-corrected chi connectivity index (χ3v) is 2.11. The van der Waals surface area contributed by atoms with E-state index in [-0.39, 0.29) is 16.8 Å². The molecule has 92 valence electrons. The zero-order chi connectivity index (χ0) is 13.7. The third kappa shape index (κ3) is 3.42. The monoisotopic (exact) mass is 248 g/mol. The Bertz CT molecular complexity index is 573. The SMILES string of the molecule is Cc1c(F)cc(C#N)cc1NC(=O)/C=C/C(=O)O. The first-order valence-corrected chi connectivity index (χ1v) is 4.86. The first kappa shape index (κ1) is 13.4. The number of nitriles is 1. The van der Waals surface area contributed by atoms with Gasteiger partial charge in [-0.1, -0.05) is 0 Å². The maximum Gasteiger partial charge on any atom is 0.328 e. The Hall–Kier alpha value is -2.68. The van der Waals surface area contributed by atoms with Gasteiger partial charge in [-0.25, -0.2) is 9.18 Å². The minimum Gasteiger partial charge on any atom is -0.478 e. The molecular formula is C12H9FN2O3. The summed E-state index contributed by atoms with van der Waals surface area (Å²) in [6, 6.07) is 4.12. The molecule has 0 aromatic heterocycles. The topological polar surface area (TPSA) is 90.2 Å². The molecule has 0 heterocycles. The van der Waals surface area contributed by atoms with E-state index in [0.717, 1.165) is 12.1 Å². The predicted molar refractivity (Wildman–Crippen MR) is 61.3 cm³/mol. The highest BCUT2D eigenvalue weighted by atomic mass is 19.1. The van der Waals surface area contributed by atoms with Crippen molar-refractivity contribution in [3.63, 3.8) is 0 Å². The van der Waals surface area contributed by atoms with E-state index >= 15 is 0 Å². The molecule has 6 heteroatoms. The fourth-order valence-corrected chi connectivity index (χ4v) is 1.19. The summed E-state index contributed by atoms with van der Waals surface area (Å²) >= 11 is 0. The number of rotatable bonds is 3. The zero-order valence-corrected chi connectivity index (χ0v) is 9.40. The van der Waals surface area contributed by atoms with E-state index in [2.05, 4.69) is 5.32 Å². The van der Waals surface area contributed by atoms with E-state index < -0.39 is 17.7 Å². The number of hydrogen-bond donors (Lipinski definition) is 2. The summed E-state index contributed by atoms with van der Waals surface area (Å²) in [5.41, 5.74) is 0.369. The summed E-state index contributed by atoms with van der Waals surface area (Å²) in [5.74, 6) is -2.60. The van der Waals surface area contributed by atoms with Crippen molar-refractivity contribution in [3.8, 4) is 6.07 Å². The van der Waals surface area contributed by atoms with Crippen molar-refractivity contribution in [1.82, 2.24) is 0 Å². The summed E-state index contributed by atoms with van der Waals surface area (Å²) in [6.45, 7) is 1.44. The summed E-state index contributed by atoms with van der Waals surface area (Å²) in [7, 11) is 0. The van der Waals surface area contributed by atoms with E-state index in [4.69, 9.17) is 10.4 Å². The zero-order valence-electron chi connectivity index (χ0n) is 9.40. The van der Waals surface area contributed by atoms with Crippen molar-refractivity contribution >= 4 is 17.6 Å². The van der Waals surface area contributed by atoms with E-state index in [9.17, 15) is 14.0 Å². The molecule has 0 unspecified atom stereocenters. The van der Waals surface area contributed by atoms with Crippen LogP contribution in [0.15, 0.2) is 24.3 Å². The molecule has 0 radical (unpaired) electrons. The molecule has 0 aliphatic carbocycles. The number of carboxylic acid groups (broad SMARTS) is 1. The Labute approximate surface area is 102 Å². The van der Waals surface area contributed by atoms with Gasteiger partial charge in [0.05, 0.1) is 11.6 Å². The highest BCUT2D eigenvalue weighted by Gasteiger charge is 2.08. The number of carboxylic acids is 1. The number of hydrogen-bond acceptors (Lipinski definition) is 3. The van der Waals surface area contributed by atoms with Gasteiger partial charge in [0, 0.05) is 23.4 Å². The van der Waals surface area contributed by atoms with Crippen LogP contribution in [0, 0.1) is 24.1 Å². The maximum absolute atomic E-state index is 13.4. The Balaban J connectivity index is 2.98. The van der Waals surface area contributed by atoms with Crippen LogP contribution in [-0.4, -0.2) is 17.0 Å². The molecule has 5 nitrogen and oxygen atoms in total. The van der Waals surface area contributed by atoms with Crippen LogP contribution in [0.25, 0.3) is 0 Å². The van der Waals surface area contributed by atoms with Gasteiger partial charge in [-0.3, -0.25) is 4.79 Å². The van der Waals surface area contributed by atoms with Crippen molar-refractivity contribution in [1.29, 1.82) is 5.26 Å². The third-order valence-electron chi connectivity index (χ3n) is 2.11. The molecular weight excluding hydrogens is 239 g/mol. The van der Waals surface area contributed by atoms with E-state index in [1.165, 1.54) is 13.0 Å². The molecule has 0 atom stereocenters. The minimum atomic E-state index is -1.26. The summed E-state index contributed by atoms with van der Waals surface area (Å²) < 4.78 is 13.4. The quantitative estimate of drug-likeness (QED) is 0.794. The van der Waals surface area contributed by atoms with Crippen molar-refractivity contribution in [2.24, 2.45) is 0 Å². The van der Waals surface area contributed by atoms with Crippen LogP contribution in [-0.2, 0) is 9.59 Å². The molecule has 1 aromatic carbocycles. The van der Waals surface area contributed by atoms with Crippen molar-refractivity contribution in [2.45, 2.75) is 6.92 Å². The number of nitrogens with one attached hydrogen (secondary N) is 1. The summed E-state index contributed by atoms with van der Waals surface area (Å²) in [4.78, 5) is 21.5. The molecule has 2 N–H and O–H groups in total. The molecule has 1 amide bonds. The second-order valence-electron chi connectivity index (χ2n) is 3.40. The van der Waals surface area contributed by atoms with Gasteiger partial charge in [-0.15, -0.1) is 0 Å². The molecule has 1 rings (SSSR count). The molecule has 0 saturated heterocycles. The molecule has 0 fully saturated rings. The fraction of sp³-hybridized carbons (Fsp3) is 0.0833. The molecule has 0 spiro atoms. The number of nitrogens with zero attached hydrogens (tertiary/aromatic N) is 1. The number of aliphatic carboxylic acids is 1. The molecule has 0 bridgehead atoms. The average molecular weight is 248 g/mol. The van der Waals surface area contributed by atoms with Crippen molar-refractivity contribution in [3.05, 3.63) is 41.2 Å². The van der Waals surface area contributed by atoms with Gasteiger partial charge in [0.1, 0.15) is 5.82 Å². The number of anilines is 1. The van der Waals surface area contributed by atoms with Gasteiger partial charge in [0.25, 0.3) is 0 Å². The van der Waals surface area contributed by atoms with Crippen LogP contribution in [0.1, 0.15) is 11.1 Å². The van der Waals surface area contributed by atoms with Gasteiger partial charge in [-0.2, -0.15) is 5.26 Å². The Kier molecular flexibility index (Phi) is 4.16. The molecule has 0 aliphatic rings. The first-order chi connectivity index (χ1) is 8.43. The normalized spacial score (nSPS) is 10.1. The Morgan fingerprint density at radius 1 is 1.44 bits per heavy atom. The van der Waals surface area contributed by atoms with E-state index in [1.54, 1.807) is 6.07 Å². The number of benzene rings is 1. The second kappa shape index (κ2) is 5.59. The Morgan fingerprint density at radius 3 is 2.67 bits per heavy atom. The van der Waals surface area contributed by atoms with Gasteiger partial charge in [0.2, 0.25) is 5.91 Å². The lowest BCUT2D eigenvalue weighted by Gasteiger charge is -2.07. The van der Waals surface area contributed by atoms with E-state index in [1.807, 2.05) is 0 Å². The van der Waals surface area contributed by atoms with Gasteiger partial charge < -0.3 is 10.4 Å². The van der Waals surface area contributed by atoms with E-state index in [0.29, 0.717) is 6.08 Å². The largest absolute Gasteiger partial charge is 0.478 e. The van der Waals surface area contributed by atoms with Gasteiger partial charge in [-0.05, 0) is 19.1 Å². The number of carbonyl (C=O) groups is 2. The van der Waals surface area contributed by atoms with Gasteiger partial charge in [0.15, 0.2) is 0 Å². The summed E-state index contributed by atoms with van der Waals surface area (Å²) in [6.07, 6.45) is 1.47. The lowest BCUT2D eigenvalue weighted by Crippen LogP contribution is -2.10. The van der Waals surface area contributed by atoms with Crippen molar-refractivity contribution in [2.75, 3.05) is 5.32 Å². The first-order valence-electron chi connectivity index (χ1n) is 4.86. The average Bonchev–Trinajstić information content (AvgIpc) is 2.32. The van der Waals surface area contributed by atoms with Crippen LogP contribution in [0.5, 0.6) is 0 Å². The van der Waals surface area contributed by atoms with Crippen LogP contribution in [0.2, 0.25) is 0 Å². The van der Waals surface area contributed by atoms with Crippen LogP contribution >= 0.6 is 0 Å². The standard InChI is InChI=1S/C12H9FN2O3/c1-7-9(13)4-8(6-14)5-10(7)15-11(16)2-3-12(17)18/h2-5H,1H3,(H,15,16)(H,17,18)/b3-2+. The highest BCUT2D eigenvalue weighted by molar-refractivity contribution is 6.02. The molecule has 1 aromatic rings. The molecule has 0 aliphatic heterocycles. The minimum absolute atomic E-state index is 0.0654. The fourth-order valence-electron chi connectivity index (χ4n) is 1.19. The number of carbonyl (C=O) groups excluding carboxylic acids is 1. The lowest BCUT2D eigenvalue weighted by molar-refractivity contribution is -0.131. The van der Waals surface area contributed by atoms with Gasteiger partial charge >= 0.3 is 5.97 Å². The van der Waals surface area contributed by atoms with Crippen molar-refractivity contribution < 1.29 is 19.1 Å². The number of halogens is 1. The second-order valence-corrected chi connectivity index (χ2v) is 3.40. The maximum atomic E-state index is 13.4. The van der Waals surface area contributed by atoms with Crippen LogP contribution < -0.4 is 5.32 Å². The summed E-state index contributed by atoms with van der Waals surface area (Å²) in [5, 5.41) is 19.3. The Morgan fingerprint density at radius 2 is 2.11 bits per heavy atom. The molecule has 18 heavy (non-hydrogen) atoms. The van der Waals surface area contributed by atoms with Crippen LogP contribution in [0.4, 0.5) is 10.1 Å². The lowest BCUT2D eigenvalue weighted by atomic mass is 10.1.